The molecule has 0 aliphatic rings. The molecule has 1 rings (SSSR count). The number of unbranched alkanes of at least 4 members (excludes halogenated alkanes) is 2. The molecule has 108 valence electrons. The van der Waals surface area contributed by atoms with Gasteiger partial charge in [-0.05, 0) is 13.3 Å². The highest BCUT2D eigenvalue weighted by Crippen LogP contribution is 2.11. The van der Waals surface area contributed by atoms with E-state index < -0.39 is 0 Å². The fourth-order valence-corrected chi connectivity index (χ4v) is 1.85. The summed E-state index contributed by atoms with van der Waals surface area (Å²) in [6.07, 6.45) is 5.66. The molecule has 0 amide bonds. The zero-order valence-electron chi connectivity index (χ0n) is 13.0. The summed E-state index contributed by atoms with van der Waals surface area (Å²) in [4.78, 5) is 11.2. The van der Waals surface area contributed by atoms with Crippen LogP contribution >= 0.6 is 0 Å². The van der Waals surface area contributed by atoms with Gasteiger partial charge >= 0.3 is 0 Å². The summed E-state index contributed by atoms with van der Waals surface area (Å²) in [6.45, 7) is 10.4. The van der Waals surface area contributed by atoms with Gasteiger partial charge < -0.3 is 10.2 Å². The van der Waals surface area contributed by atoms with Crippen LogP contribution in [0.5, 0.6) is 0 Å². The Bertz CT molecular complexity index is 376. The highest BCUT2D eigenvalue weighted by Gasteiger charge is 2.07. The molecule has 0 unspecified atom stereocenters. The van der Waals surface area contributed by atoms with Crippen LogP contribution in [-0.4, -0.2) is 29.6 Å². The number of anilines is 1. The summed E-state index contributed by atoms with van der Waals surface area (Å²) in [5.41, 5.74) is 2.25. The minimum Gasteiger partial charge on any atom is -0.344 e. The third-order valence-electron chi connectivity index (χ3n) is 3.21. The van der Waals surface area contributed by atoms with Gasteiger partial charge in [0.2, 0.25) is 5.95 Å². The van der Waals surface area contributed by atoms with E-state index in [1.165, 1.54) is 24.8 Å². The van der Waals surface area contributed by atoms with Gasteiger partial charge in [0.25, 0.3) is 0 Å². The van der Waals surface area contributed by atoms with Crippen LogP contribution in [0.15, 0.2) is 6.20 Å². The van der Waals surface area contributed by atoms with Crippen LogP contribution in [0.1, 0.15) is 51.3 Å². The molecular weight excluding hydrogens is 236 g/mol. The van der Waals surface area contributed by atoms with E-state index in [1.807, 2.05) is 6.20 Å². The molecule has 0 bridgehead atoms. The van der Waals surface area contributed by atoms with Gasteiger partial charge in [-0.2, -0.15) is 0 Å². The second-order valence-corrected chi connectivity index (χ2v) is 5.44. The standard InChI is InChI=1S/C15H28N4/c1-6-7-8-9-19(5)15-17-11-14(13(4)18-15)10-16-12(2)3/h11-12,16H,6-10H2,1-5H3. The van der Waals surface area contributed by atoms with Crippen molar-refractivity contribution in [2.75, 3.05) is 18.5 Å². The Kier molecular flexibility index (Phi) is 6.78. The molecule has 4 nitrogen and oxygen atoms in total. The first-order chi connectivity index (χ1) is 9.04. The third-order valence-corrected chi connectivity index (χ3v) is 3.21. The van der Waals surface area contributed by atoms with Crippen LogP contribution in [-0.2, 0) is 6.54 Å². The van der Waals surface area contributed by atoms with E-state index in [9.17, 15) is 0 Å². The Hall–Kier alpha value is -1.16. The molecule has 0 atom stereocenters. The minimum atomic E-state index is 0.482. The average molecular weight is 264 g/mol. The Morgan fingerprint density at radius 3 is 2.63 bits per heavy atom. The molecule has 0 aliphatic carbocycles. The van der Waals surface area contributed by atoms with E-state index in [0.717, 1.165) is 24.7 Å². The highest BCUT2D eigenvalue weighted by molar-refractivity contribution is 5.31. The fourth-order valence-electron chi connectivity index (χ4n) is 1.85. The number of aryl methyl sites for hydroxylation is 1. The lowest BCUT2D eigenvalue weighted by Gasteiger charge is -2.18. The number of nitrogens with one attached hydrogen (secondary N) is 1. The predicted molar refractivity (Wildman–Crippen MR) is 81.5 cm³/mol. The molecule has 1 aromatic heterocycles. The van der Waals surface area contributed by atoms with Crippen LogP contribution in [0.25, 0.3) is 0 Å². The molecule has 0 saturated carbocycles. The first kappa shape index (κ1) is 15.9. The normalized spacial score (nSPS) is 11.1. The Morgan fingerprint density at radius 1 is 1.32 bits per heavy atom. The van der Waals surface area contributed by atoms with Crippen molar-refractivity contribution in [1.82, 2.24) is 15.3 Å². The molecule has 0 fully saturated rings. The smallest absolute Gasteiger partial charge is 0.225 e. The van der Waals surface area contributed by atoms with Crippen molar-refractivity contribution in [2.45, 2.75) is 59.5 Å². The lowest BCUT2D eigenvalue weighted by atomic mass is 10.2. The van der Waals surface area contributed by atoms with Crippen molar-refractivity contribution in [2.24, 2.45) is 0 Å². The lowest BCUT2D eigenvalue weighted by Crippen LogP contribution is -2.24. The molecule has 4 heteroatoms. The van der Waals surface area contributed by atoms with Crippen molar-refractivity contribution in [1.29, 1.82) is 0 Å². The predicted octanol–water partition coefficient (Wildman–Crippen LogP) is 2.91. The third kappa shape index (κ3) is 5.55. The van der Waals surface area contributed by atoms with Crippen LogP contribution in [0, 0.1) is 6.92 Å². The van der Waals surface area contributed by atoms with Crippen LogP contribution in [0.4, 0.5) is 5.95 Å². The zero-order valence-corrected chi connectivity index (χ0v) is 13.0. The van der Waals surface area contributed by atoms with E-state index in [4.69, 9.17) is 0 Å². The second kappa shape index (κ2) is 8.10. The quantitative estimate of drug-likeness (QED) is 0.733. The summed E-state index contributed by atoms with van der Waals surface area (Å²) >= 11 is 0. The molecule has 0 saturated heterocycles. The van der Waals surface area contributed by atoms with E-state index in [2.05, 4.69) is 54.9 Å². The van der Waals surface area contributed by atoms with Gasteiger partial charge in [-0.15, -0.1) is 0 Å². The lowest BCUT2D eigenvalue weighted by molar-refractivity contribution is 0.584. The minimum absolute atomic E-state index is 0.482. The number of aromatic nitrogens is 2. The summed E-state index contributed by atoms with van der Waals surface area (Å²) < 4.78 is 0. The van der Waals surface area contributed by atoms with Gasteiger partial charge in [-0.1, -0.05) is 33.6 Å². The number of hydrogen-bond acceptors (Lipinski definition) is 4. The summed E-state index contributed by atoms with van der Waals surface area (Å²) in [7, 11) is 2.07. The van der Waals surface area contributed by atoms with Crippen LogP contribution in [0.3, 0.4) is 0 Å². The van der Waals surface area contributed by atoms with Crippen molar-refractivity contribution >= 4 is 5.95 Å². The largest absolute Gasteiger partial charge is 0.344 e. The van der Waals surface area contributed by atoms with Gasteiger partial charge in [0.05, 0.1) is 0 Å². The van der Waals surface area contributed by atoms with Crippen molar-refractivity contribution in [3.8, 4) is 0 Å². The summed E-state index contributed by atoms with van der Waals surface area (Å²) in [5.74, 6) is 0.835. The van der Waals surface area contributed by atoms with Crippen LogP contribution in [0.2, 0.25) is 0 Å². The van der Waals surface area contributed by atoms with E-state index in [0.29, 0.717) is 6.04 Å². The molecule has 1 aromatic rings. The van der Waals surface area contributed by atoms with Crippen molar-refractivity contribution in [3.63, 3.8) is 0 Å². The first-order valence-electron chi connectivity index (χ1n) is 7.31. The van der Waals surface area contributed by atoms with Crippen molar-refractivity contribution in [3.05, 3.63) is 17.5 Å². The van der Waals surface area contributed by atoms with Gasteiger partial charge in [0.15, 0.2) is 0 Å². The van der Waals surface area contributed by atoms with Gasteiger partial charge in [0, 0.05) is 43.6 Å². The Morgan fingerprint density at radius 2 is 2.05 bits per heavy atom. The van der Waals surface area contributed by atoms with E-state index in [-0.39, 0.29) is 0 Å². The number of nitrogens with zero attached hydrogens (tertiary/aromatic N) is 3. The van der Waals surface area contributed by atoms with Crippen molar-refractivity contribution < 1.29 is 0 Å². The molecule has 0 radical (unpaired) electrons. The van der Waals surface area contributed by atoms with Gasteiger partial charge in [-0.25, -0.2) is 9.97 Å². The second-order valence-electron chi connectivity index (χ2n) is 5.44. The Balaban J connectivity index is 2.59. The SMILES string of the molecule is CCCCCN(C)c1ncc(CNC(C)C)c(C)n1. The van der Waals surface area contributed by atoms with Gasteiger partial charge in [0.1, 0.15) is 0 Å². The monoisotopic (exact) mass is 264 g/mol. The molecule has 19 heavy (non-hydrogen) atoms. The number of rotatable bonds is 8. The topological polar surface area (TPSA) is 41.1 Å². The molecular formula is C15H28N4. The molecule has 0 aliphatic heterocycles. The zero-order chi connectivity index (χ0) is 14.3. The number of hydrogen-bond donors (Lipinski definition) is 1. The van der Waals surface area contributed by atoms with E-state index in [1.54, 1.807) is 0 Å². The highest BCUT2D eigenvalue weighted by atomic mass is 15.2. The van der Waals surface area contributed by atoms with Gasteiger partial charge in [-0.3, -0.25) is 0 Å². The maximum Gasteiger partial charge on any atom is 0.225 e. The summed E-state index contributed by atoms with van der Waals surface area (Å²) in [6, 6.07) is 0.482. The molecule has 0 aromatic carbocycles. The Labute approximate surface area is 117 Å². The summed E-state index contributed by atoms with van der Waals surface area (Å²) in [5, 5.41) is 3.40. The molecule has 1 N–H and O–H groups in total. The van der Waals surface area contributed by atoms with E-state index >= 15 is 0 Å². The maximum atomic E-state index is 4.60. The maximum absolute atomic E-state index is 4.60. The molecule has 1 heterocycles. The molecule has 0 spiro atoms. The fraction of sp³-hybridized carbons (Fsp3) is 0.733. The first-order valence-corrected chi connectivity index (χ1v) is 7.31. The van der Waals surface area contributed by atoms with Crippen LogP contribution < -0.4 is 10.2 Å². The average Bonchev–Trinajstić information content (AvgIpc) is 2.37.